The van der Waals surface area contributed by atoms with Crippen LogP contribution in [0.15, 0.2) is 103 Å². The Morgan fingerprint density at radius 2 is 1.29 bits per heavy atom. The number of anilines is 2. The van der Waals surface area contributed by atoms with Crippen LogP contribution in [-0.4, -0.2) is 43.1 Å². The van der Waals surface area contributed by atoms with E-state index in [1.807, 2.05) is 97.9 Å². The third kappa shape index (κ3) is 4.94. The number of esters is 2. The van der Waals surface area contributed by atoms with Gasteiger partial charge in [0.25, 0.3) is 5.91 Å². The molecule has 0 aromatic heterocycles. The third-order valence-corrected chi connectivity index (χ3v) is 9.89. The number of benzene rings is 4. The van der Waals surface area contributed by atoms with Crippen LogP contribution in [0.2, 0.25) is 0 Å². The maximum absolute atomic E-state index is 15.4. The average molecular weight is 659 g/mol. The van der Waals surface area contributed by atoms with E-state index in [-0.39, 0.29) is 32.7 Å². The lowest BCUT2D eigenvalue weighted by atomic mass is 9.62. The zero-order valence-corrected chi connectivity index (χ0v) is 27.8. The molecule has 0 radical (unpaired) electrons. The van der Waals surface area contributed by atoms with E-state index in [9.17, 15) is 9.59 Å². The van der Waals surface area contributed by atoms with Crippen molar-refractivity contribution in [3.63, 3.8) is 0 Å². The average Bonchev–Trinajstić information content (AvgIpc) is 3.62. The lowest BCUT2D eigenvalue weighted by Crippen LogP contribution is -2.56. The Balaban J connectivity index is 1.49. The molecule has 0 unspecified atom stereocenters. The van der Waals surface area contributed by atoms with Gasteiger partial charge in [-0.15, -0.1) is 0 Å². The second-order valence-electron chi connectivity index (χ2n) is 12.7. The molecular formula is C40H38N2O7. The molecule has 3 aliphatic heterocycles. The fourth-order valence-electron chi connectivity index (χ4n) is 7.99. The molecule has 3 heterocycles. The summed E-state index contributed by atoms with van der Waals surface area (Å²) >= 11 is 0. The molecule has 0 bridgehead atoms. The molecule has 9 heteroatoms. The number of hydrogen-bond donors (Lipinski definition) is 0. The number of nitrogens with zero attached hydrogens (tertiary/aromatic N) is 2. The van der Waals surface area contributed by atoms with Crippen LogP contribution < -0.4 is 9.80 Å². The van der Waals surface area contributed by atoms with Crippen molar-refractivity contribution in [2.75, 3.05) is 23.0 Å². The van der Waals surface area contributed by atoms with Crippen LogP contribution in [0.1, 0.15) is 48.1 Å². The highest BCUT2D eigenvalue weighted by Crippen LogP contribution is 2.65. The molecule has 1 fully saturated rings. The Bertz CT molecular complexity index is 1930. The number of carbonyl (C=O) groups is 4. The van der Waals surface area contributed by atoms with E-state index in [2.05, 4.69) is 0 Å². The molecule has 4 aromatic carbocycles. The molecule has 250 valence electrons. The van der Waals surface area contributed by atoms with Gasteiger partial charge < -0.3 is 24.0 Å². The standard InChI is InChI=1S/C40H38N2O7/c1-4-47-34(43)23-33-39(29-18-12-13-19-31(29)41(37(39)45)24-27-14-8-6-9-15-27)35(36(44)48-5-2)40(49-33)30-22-26(3)20-21-32(30)42(38(40)46)25-28-16-10-7-11-17-28/h6-22,33,35H,4-5,23-25H2,1-3H3/t33-,35-,39-,40+/m0/s1. The molecule has 0 saturated carbocycles. The summed E-state index contributed by atoms with van der Waals surface area (Å²) in [5.41, 5.74) is 0.918. The van der Waals surface area contributed by atoms with Gasteiger partial charge in [-0.1, -0.05) is 96.6 Å². The van der Waals surface area contributed by atoms with Gasteiger partial charge in [-0.2, -0.15) is 0 Å². The van der Waals surface area contributed by atoms with Crippen molar-refractivity contribution in [3.05, 3.63) is 131 Å². The summed E-state index contributed by atoms with van der Waals surface area (Å²) in [4.78, 5) is 62.0. The molecule has 0 aliphatic carbocycles. The number of rotatable bonds is 9. The summed E-state index contributed by atoms with van der Waals surface area (Å²) in [5, 5.41) is 0. The van der Waals surface area contributed by atoms with Gasteiger partial charge in [0.15, 0.2) is 5.60 Å². The highest BCUT2D eigenvalue weighted by atomic mass is 16.6. The molecular weight excluding hydrogens is 620 g/mol. The minimum atomic E-state index is -1.98. The predicted octanol–water partition coefficient (Wildman–Crippen LogP) is 5.75. The smallest absolute Gasteiger partial charge is 0.314 e. The van der Waals surface area contributed by atoms with E-state index in [4.69, 9.17) is 14.2 Å². The van der Waals surface area contributed by atoms with Gasteiger partial charge in [-0.05, 0) is 49.6 Å². The topological polar surface area (TPSA) is 102 Å². The zero-order chi connectivity index (χ0) is 34.3. The molecule has 2 spiro atoms. The fourth-order valence-corrected chi connectivity index (χ4v) is 7.99. The SMILES string of the molecule is CCOC(=O)C[C@@H]1O[C@@]2(C(=O)N(Cc3ccccc3)c3ccc(C)cc32)[C@@H](C(=O)OCC)[C@@]12C(=O)N(Cc1ccccc1)c1ccccc12. The number of amides is 2. The van der Waals surface area contributed by atoms with Gasteiger partial charge in [0.05, 0.1) is 44.5 Å². The third-order valence-electron chi connectivity index (χ3n) is 9.89. The van der Waals surface area contributed by atoms with Gasteiger partial charge in [-0.25, -0.2) is 0 Å². The second kappa shape index (κ2) is 12.6. The Morgan fingerprint density at radius 3 is 1.92 bits per heavy atom. The van der Waals surface area contributed by atoms with Crippen LogP contribution in [0.3, 0.4) is 0 Å². The summed E-state index contributed by atoms with van der Waals surface area (Å²) in [6.45, 7) is 5.82. The molecule has 49 heavy (non-hydrogen) atoms. The van der Waals surface area contributed by atoms with Crippen molar-refractivity contribution in [2.24, 2.45) is 5.92 Å². The summed E-state index contributed by atoms with van der Waals surface area (Å²) < 4.78 is 18.2. The van der Waals surface area contributed by atoms with Gasteiger partial charge in [-0.3, -0.25) is 19.2 Å². The van der Waals surface area contributed by atoms with Crippen LogP contribution >= 0.6 is 0 Å². The number of aryl methyl sites for hydroxylation is 1. The van der Waals surface area contributed by atoms with Crippen LogP contribution in [0.25, 0.3) is 0 Å². The maximum Gasteiger partial charge on any atom is 0.314 e. The Hall–Kier alpha value is -5.28. The van der Waals surface area contributed by atoms with E-state index in [0.29, 0.717) is 22.5 Å². The quantitative estimate of drug-likeness (QED) is 0.211. The minimum absolute atomic E-state index is 0.0101. The number of fused-ring (bicyclic) bond motifs is 4. The largest absolute Gasteiger partial charge is 0.466 e. The molecule has 4 aromatic rings. The van der Waals surface area contributed by atoms with Crippen molar-refractivity contribution in [1.29, 1.82) is 0 Å². The first kappa shape index (κ1) is 32.3. The Morgan fingerprint density at radius 1 is 0.714 bits per heavy atom. The summed E-state index contributed by atoms with van der Waals surface area (Å²) in [6, 6.07) is 31.9. The van der Waals surface area contributed by atoms with Gasteiger partial charge in [0, 0.05) is 11.3 Å². The first-order valence-electron chi connectivity index (χ1n) is 16.7. The summed E-state index contributed by atoms with van der Waals surface area (Å²) in [6.07, 6.45) is -1.61. The first-order valence-corrected chi connectivity index (χ1v) is 16.7. The number of hydrogen-bond acceptors (Lipinski definition) is 7. The molecule has 9 nitrogen and oxygen atoms in total. The molecule has 3 aliphatic rings. The number of ether oxygens (including phenoxy) is 3. The monoisotopic (exact) mass is 658 g/mol. The molecule has 1 saturated heterocycles. The number of para-hydroxylation sites is 1. The van der Waals surface area contributed by atoms with Crippen molar-refractivity contribution in [3.8, 4) is 0 Å². The first-order chi connectivity index (χ1) is 23.8. The van der Waals surface area contributed by atoms with Gasteiger partial charge in [0.1, 0.15) is 11.3 Å². The lowest BCUT2D eigenvalue weighted by molar-refractivity contribution is -0.165. The van der Waals surface area contributed by atoms with Gasteiger partial charge in [0.2, 0.25) is 5.91 Å². The minimum Gasteiger partial charge on any atom is -0.466 e. The van der Waals surface area contributed by atoms with Crippen molar-refractivity contribution < 1.29 is 33.4 Å². The van der Waals surface area contributed by atoms with Crippen LogP contribution in [0.5, 0.6) is 0 Å². The van der Waals surface area contributed by atoms with E-state index in [1.165, 1.54) is 0 Å². The van der Waals surface area contributed by atoms with E-state index >= 15 is 9.59 Å². The van der Waals surface area contributed by atoms with Crippen LogP contribution in [0, 0.1) is 12.8 Å². The Kier molecular flexibility index (Phi) is 8.32. The van der Waals surface area contributed by atoms with Crippen LogP contribution in [-0.2, 0) is 57.5 Å². The summed E-state index contributed by atoms with van der Waals surface area (Å²) in [5.74, 6) is -3.75. The fraction of sp³-hybridized carbons (Fsp3) is 0.300. The Labute approximate surface area is 285 Å². The van der Waals surface area contributed by atoms with Crippen molar-refractivity contribution >= 4 is 35.1 Å². The second-order valence-corrected chi connectivity index (χ2v) is 12.7. The van der Waals surface area contributed by atoms with E-state index < -0.39 is 46.8 Å². The highest BCUT2D eigenvalue weighted by molar-refractivity contribution is 6.16. The molecule has 2 amide bonds. The molecule has 0 N–H and O–H groups in total. The van der Waals surface area contributed by atoms with Crippen molar-refractivity contribution in [2.45, 2.75) is 57.4 Å². The highest BCUT2D eigenvalue weighted by Gasteiger charge is 2.79. The van der Waals surface area contributed by atoms with E-state index in [0.717, 1.165) is 16.7 Å². The summed E-state index contributed by atoms with van der Waals surface area (Å²) in [7, 11) is 0. The zero-order valence-electron chi connectivity index (χ0n) is 27.8. The van der Waals surface area contributed by atoms with Crippen molar-refractivity contribution in [1.82, 2.24) is 0 Å². The van der Waals surface area contributed by atoms with Gasteiger partial charge >= 0.3 is 11.9 Å². The maximum atomic E-state index is 15.4. The number of carbonyl (C=O) groups excluding carboxylic acids is 4. The normalized spacial score (nSPS) is 23.7. The lowest BCUT2D eigenvalue weighted by Gasteiger charge is -2.35. The van der Waals surface area contributed by atoms with Crippen LogP contribution in [0.4, 0.5) is 11.4 Å². The van der Waals surface area contributed by atoms with E-state index in [1.54, 1.807) is 35.8 Å². The molecule has 7 rings (SSSR count). The molecule has 4 atom stereocenters. The predicted molar refractivity (Wildman–Crippen MR) is 182 cm³/mol.